The molecule has 0 saturated heterocycles. The van der Waals surface area contributed by atoms with Crippen LogP contribution in [-0.2, 0) is 9.59 Å². The monoisotopic (exact) mass is 618 g/mol. The largest absolute Gasteiger partial charge is 0.378 e. The number of hydrogen-bond acceptors (Lipinski definition) is 5. The summed E-state index contributed by atoms with van der Waals surface area (Å²) in [6.07, 6.45) is 1.63. The summed E-state index contributed by atoms with van der Waals surface area (Å²) in [6, 6.07) is 28.3. The van der Waals surface area contributed by atoms with E-state index in [9.17, 15) is 14.4 Å². The molecule has 0 bridgehead atoms. The van der Waals surface area contributed by atoms with Gasteiger partial charge in [0.15, 0.2) is 0 Å². The van der Waals surface area contributed by atoms with Crippen LogP contribution < -0.4 is 20.9 Å². The molecule has 0 aliphatic heterocycles. The maximum absolute atomic E-state index is 13.4. The molecule has 214 valence electrons. The SMILES string of the molecule is CN(C)c1ccc(/C=C(/NC(=O)c2ccccc2)C(=O)Nc2cccc(SCC(=O)Nc3ccc(Cl)c(Cl)c3)c2)cc1. The predicted molar refractivity (Wildman–Crippen MR) is 174 cm³/mol. The molecule has 0 spiro atoms. The number of amides is 3. The average Bonchev–Trinajstić information content (AvgIpc) is 2.98. The maximum atomic E-state index is 13.4. The third-order valence-corrected chi connectivity index (χ3v) is 7.65. The number of hydrogen-bond donors (Lipinski definition) is 3. The smallest absolute Gasteiger partial charge is 0.272 e. The zero-order valence-corrected chi connectivity index (χ0v) is 25.2. The number of nitrogens with zero attached hydrogens (tertiary/aromatic N) is 1. The van der Waals surface area contributed by atoms with Crippen molar-refractivity contribution < 1.29 is 14.4 Å². The van der Waals surface area contributed by atoms with Gasteiger partial charge in [0, 0.05) is 41.6 Å². The van der Waals surface area contributed by atoms with Crippen LogP contribution in [0, 0.1) is 0 Å². The van der Waals surface area contributed by atoms with Gasteiger partial charge in [0.2, 0.25) is 5.91 Å². The Morgan fingerprint density at radius 1 is 0.786 bits per heavy atom. The van der Waals surface area contributed by atoms with Gasteiger partial charge in [-0.25, -0.2) is 0 Å². The Hall–Kier alpha value is -4.24. The van der Waals surface area contributed by atoms with Crippen LogP contribution in [0.2, 0.25) is 10.0 Å². The molecule has 0 saturated carbocycles. The highest BCUT2D eigenvalue weighted by molar-refractivity contribution is 8.00. The van der Waals surface area contributed by atoms with Gasteiger partial charge in [-0.2, -0.15) is 0 Å². The number of carbonyl (C=O) groups excluding carboxylic acids is 3. The van der Waals surface area contributed by atoms with Gasteiger partial charge < -0.3 is 20.9 Å². The molecular weight excluding hydrogens is 591 g/mol. The molecule has 10 heteroatoms. The fourth-order valence-electron chi connectivity index (χ4n) is 3.76. The first-order chi connectivity index (χ1) is 20.2. The maximum Gasteiger partial charge on any atom is 0.272 e. The number of rotatable bonds is 10. The minimum Gasteiger partial charge on any atom is -0.378 e. The van der Waals surface area contributed by atoms with Crippen LogP contribution in [0.1, 0.15) is 15.9 Å². The van der Waals surface area contributed by atoms with Crippen LogP contribution in [0.4, 0.5) is 17.1 Å². The summed E-state index contributed by atoms with van der Waals surface area (Å²) in [5, 5.41) is 9.15. The number of thioether (sulfide) groups is 1. The lowest BCUT2D eigenvalue weighted by atomic mass is 10.1. The standard InChI is InChI=1S/C32H28Cl2N4O3S/c1-38(2)25-14-11-21(12-15-25)17-29(37-31(40)22-7-4-3-5-8-22)32(41)36-23-9-6-10-26(18-23)42-20-30(39)35-24-13-16-27(33)28(34)19-24/h3-19H,20H2,1-2H3,(H,35,39)(H,36,41)(H,37,40)/b29-17+. The van der Waals surface area contributed by atoms with E-state index in [0.29, 0.717) is 27.0 Å². The lowest BCUT2D eigenvalue weighted by Gasteiger charge is -2.14. The first-order valence-corrected chi connectivity index (χ1v) is 14.6. The molecule has 3 amide bonds. The second-order valence-corrected chi connectivity index (χ2v) is 11.2. The van der Waals surface area contributed by atoms with E-state index in [1.54, 1.807) is 66.7 Å². The zero-order chi connectivity index (χ0) is 30.1. The Bertz CT molecular complexity index is 1610. The van der Waals surface area contributed by atoms with Gasteiger partial charge in [0.25, 0.3) is 11.8 Å². The van der Waals surface area contributed by atoms with E-state index >= 15 is 0 Å². The van der Waals surface area contributed by atoms with Crippen molar-refractivity contribution in [2.45, 2.75) is 4.90 Å². The van der Waals surface area contributed by atoms with Crippen LogP contribution >= 0.6 is 35.0 Å². The quantitative estimate of drug-likeness (QED) is 0.129. The number of anilines is 3. The van der Waals surface area contributed by atoms with E-state index in [1.807, 2.05) is 55.4 Å². The van der Waals surface area contributed by atoms with Crippen molar-refractivity contribution in [3.05, 3.63) is 124 Å². The predicted octanol–water partition coefficient (Wildman–Crippen LogP) is 7.20. The lowest BCUT2D eigenvalue weighted by Crippen LogP contribution is -2.30. The Morgan fingerprint density at radius 2 is 1.50 bits per heavy atom. The Balaban J connectivity index is 1.46. The molecule has 42 heavy (non-hydrogen) atoms. The Kier molecular flexibility index (Phi) is 10.7. The van der Waals surface area contributed by atoms with Gasteiger partial charge in [-0.15, -0.1) is 11.8 Å². The lowest BCUT2D eigenvalue weighted by molar-refractivity contribution is -0.114. The summed E-state index contributed by atoms with van der Waals surface area (Å²) < 4.78 is 0. The molecule has 0 aliphatic carbocycles. The summed E-state index contributed by atoms with van der Waals surface area (Å²) in [5.74, 6) is -0.976. The Morgan fingerprint density at radius 3 is 2.19 bits per heavy atom. The number of nitrogens with one attached hydrogen (secondary N) is 3. The summed E-state index contributed by atoms with van der Waals surface area (Å²) in [6.45, 7) is 0. The third kappa shape index (κ3) is 8.88. The first-order valence-electron chi connectivity index (χ1n) is 12.8. The molecule has 0 fully saturated rings. The van der Waals surface area contributed by atoms with Gasteiger partial charge in [-0.05, 0) is 72.3 Å². The van der Waals surface area contributed by atoms with Gasteiger partial charge in [0.05, 0.1) is 15.8 Å². The molecule has 0 aromatic heterocycles. The van der Waals surface area contributed by atoms with Crippen LogP contribution in [0.5, 0.6) is 0 Å². The van der Waals surface area contributed by atoms with Gasteiger partial charge in [-0.3, -0.25) is 14.4 Å². The number of benzene rings is 4. The van der Waals surface area contributed by atoms with Crippen LogP contribution in [-0.4, -0.2) is 37.6 Å². The van der Waals surface area contributed by atoms with Crippen molar-refractivity contribution in [3.63, 3.8) is 0 Å². The molecule has 0 aliphatic rings. The summed E-state index contributed by atoms with van der Waals surface area (Å²) in [7, 11) is 3.89. The van der Waals surface area contributed by atoms with Crippen LogP contribution in [0.3, 0.4) is 0 Å². The molecule has 7 nitrogen and oxygen atoms in total. The normalized spacial score (nSPS) is 11.0. The molecule has 0 radical (unpaired) electrons. The van der Waals surface area contributed by atoms with Gasteiger partial charge in [-0.1, -0.05) is 59.6 Å². The highest BCUT2D eigenvalue weighted by Crippen LogP contribution is 2.26. The number of halogens is 2. The first kappa shape index (κ1) is 30.7. The minimum absolute atomic E-state index is 0.0838. The molecule has 4 aromatic carbocycles. The van der Waals surface area contributed by atoms with E-state index in [4.69, 9.17) is 23.2 Å². The Labute approximate surface area is 258 Å². The van der Waals surface area contributed by atoms with E-state index in [2.05, 4.69) is 16.0 Å². The van der Waals surface area contributed by atoms with E-state index in [0.717, 1.165) is 16.1 Å². The summed E-state index contributed by atoms with van der Waals surface area (Å²) in [5.41, 5.74) is 3.32. The summed E-state index contributed by atoms with van der Waals surface area (Å²) in [4.78, 5) is 41.5. The van der Waals surface area contributed by atoms with E-state index in [1.165, 1.54) is 11.8 Å². The van der Waals surface area contributed by atoms with Crippen LogP contribution in [0.15, 0.2) is 108 Å². The molecule has 3 N–H and O–H groups in total. The second-order valence-electron chi connectivity index (χ2n) is 9.31. The topological polar surface area (TPSA) is 90.5 Å². The summed E-state index contributed by atoms with van der Waals surface area (Å²) >= 11 is 13.3. The van der Waals surface area contributed by atoms with Crippen molar-refractivity contribution in [1.82, 2.24) is 5.32 Å². The van der Waals surface area contributed by atoms with Gasteiger partial charge in [0.1, 0.15) is 5.70 Å². The van der Waals surface area contributed by atoms with Crippen molar-refractivity contribution in [1.29, 1.82) is 0 Å². The second kappa shape index (κ2) is 14.6. The fourth-order valence-corrected chi connectivity index (χ4v) is 4.81. The number of carbonyl (C=O) groups is 3. The van der Waals surface area contributed by atoms with Gasteiger partial charge >= 0.3 is 0 Å². The molecular formula is C32H28Cl2N4O3S. The highest BCUT2D eigenvalue weighted by atomic mass is 35.5. The zero-order valence-electron chi connectivity index (χ0n) is 22.9. The van der Waals surface area contributed by atoms with Crippen molar-refractivity contribution >= 4 is 75.8 Å². The molecule has 4 rings (SSSR count). The highest BCUT2D eigenvalue weighted by Gasteiger charge is 2.16. The van der Waals surface area contributed by atoms with Crippen LogP contribution in [0.25, 0.3) is 6.08 Å². The van der Waals surface area contributed by atoms with E-state index in [-0.39, 0.29) is 17.4 Å². The molecule has 0 heterocycles. The van der Waals surface area contributed by atoms with Crippen molar-refractivity contribution in [2.75, 3.05) is 35.4 Å². The fraction of sp³-hybridized carbons (Fsp3) is 0.0938. The third-order valence-electron chi connectivity index (χ3n) is 5.91. The van der Waals surface area contributed by atoms with E-state index < -0.39 is 11.8 Å². The molecule has 4 aromatic rings. The molecule has 0 unspecified atom stereocenters. The van der Waals surface area contributed by atoms with Crippen molar-refractivity contribution in [3.8, 4) is 0 Å². The van der Waals surface area contributed by atoms with Crippen molar-refractivity contribution in [2.24, 2.45) is 0 Å². The minimum atomic E-state index is -0.490. The average molecular weight is 620 g/mol. The molecule has 0 atom stereocenters.